The Kier molecular flexibility index (Phi) is 6.12. The molecule has 0 radical (unpaired) electrons. The van der Waals surface area contributed by atoms with Crippen molar-refractivity contribution in [2.75, 3.05) is 23.3 Å². The average molecular weight is 452 g/mol. The monoisotopic (exact) mass is 451 g/mol. The molecule has 34 heavy (non-hydrogen) atoms. The Morgan fingerprint density at radius 2 is 1.76 bits per heavy atom. The van der Waals surface area contributed by atoms with E-state index in [0.717, 1.165) is 33.8 Å². The zero-order valence-electron chi connectivity index (χ0n) is 18.6. The van der Waals surface area contributed by atoms with E-state index in [1.54, 1.807) is 24.5 Å². The second-order valence-corrected chi connectivity index (χ2v) is 8.25. The number of carboxylic acid groups (broad SMARTS) is 1. The molecular weight excluding hydrogens is 426 g/mol. The molecule has 0 spiro atoms. The van der Waals surface area contributed by atoms with Crippen LogP contribution in [0.4, 0.5) is 11.4 Å². The van der Waals surface area contributed by atoms with Crippen LogP contribution in [0.2, 0.25) is 0 Å². The lowest BCUT2D eigenvalue weighted by Gasteiger charge is -2.41. The lowest BCUT2D eigenvalue weighted by molar-refractivity contribution is 0.0697. The minimum atomic E-state index is -0.924. The summed E-state index contributed by atoms with van der Waals surface area (Å²) in [5.41, 5.74) is 5.02. The van der Waals surface area contributed by atoms with Crippen molar-refractivity contribution in [2.24, 2.45) is 0 Å². The minimum absolute atomic E-state index is 0.0523. The van der Waals surface area contributed by atoms with Gasteiger partial charge in [0.2, 0.25) is 0 Å². The van der Waals surface area contributed by atoms with E-state index in [9.17, 15) is 9.90 Å². The van der Waals surface area contributed by atoms with Crippen LogP contribution in [-0.2, 0) is 6.54 Å². The van der Waals surface area contributed by atoms with Crippen molar-refractivity contribution in [3.63, 3.8) is 0 Å². The Morgan fingerprint density at radius 3 is 2.47 bits per heavy atom. The van der Waals surface area contributed by atoms with Gasteiger partial charge in [0, 0.05) is 30.2 Å². The number of aromatic carboxylic acids is 1. The van der Waals surface area contributed by atoms with Gasteiger partial charge >= 0.3 is 5.97 Å². The smallest absolute Gasteiger partial charge is 0.336 e. The molecule has 1 fully saturated rings. The first-order chi connectivity index (χ1) is 16.7. The SMILES string of the molecule is O=C(O)c1cccc(N2CC(Oc3ccc(CNc4cccnc4)cc3)C2)c1-c1ccccc1. The molecule has 0 aliphatic carbocycles. The fourth-order valence-electron chi connectivity index (χ4n) is 4.15. The number of hydrogen-bond acceptors (Lipinski definition) is 5. The maximum atomic E-state index is 11.9. The van der Waals surface area contributed by atoms with Gasteiger partial charge in [0.25, 0.3) is 0 Å². The lowest BCUT2D eigenvalue weighted by atomic mass is 9.95. The van der Waals surface area contributed by atoms with Gasteiger partial charge in [-0.2, -0.15) is 0 Å². The molecule has 2 N–H and O–H groups in total. The molecular formula is C28H25N3O3. The number of carbonyl (C=O) groups is 1. The van der Waals surface area contributed by atoms with E-state index in [-0.39, 0.29) is 6.10 Å². The van der Waals surface area contributed by atoms with Crippen molar-refractivity contribution in [1.82, 2.24) is 4.98 Å². The number of anilines is 2. The lowest BCUT2D eigenvalue weighted by Crippen LogP contribution is -2.54. The van der Waals surface area contributed by atoms with Gasteiger partial charge in [-0.1, -0.05) is 48.5 Å². The second-order valence-electron chi connectivity index (χ2n) is 8.25. The van der Waals surface area contributed by atoms with Crippen molar-refractivity contribution < 1.29 is 14.6 Å². The van der Waals surface area contributed by atoms with Crippen LogP contribution in [0.1, 0.15) is 15.9 Å². The van der Waals surface area contributed by atoms with Crippen molar-refractivity contribution in [3.05, 3.63) is 108 Å². The summed E-state index contributed by atoms with van der Waals surface area (Å²) in [4.78, 5) is 18.2. The van der Waals surface area contributed by atoms with E-state index in [2.05, 4.69) is 27.3 Å². The maximum absolute atomic E-state index is 11.9. The van der Waals surface area contributed by atoms with Crippen molar-refractivity contribution >= 4 is 17.3 Å². The number of nitrogens with one attached hydrogen (secondary N) is 1. The van der Waals surface area contributed by atoms with E-state index in [0.29, 0.717) is 25.2 Å². The summed E-state index contributed by atoms with van der Waals surface area (Å²) in [6.45, 7) is 2.12. The number of aromatic nitrogens is 1. The molecule has 1 aliphatic rings. The summed E-state index contributed by atoms with van der Waals surface area (Å²) < 4.78 is 6.15. The summed E-state index contributed by atoms with van der Waals surface area (Å²) in [6.07, 6.45) is 3.61. The first kappa shape index (κ1) is 21.5. The topological polar surface area (TPSA) is 74.7 Å². The molecule has 0 saturated carbocycles. The molecule has 6 heteroatoms. The molecule has 0 atom stereocenters. The number of rotatable bonds is 8. The van der Waals surface area contributed by atoms with Crippen LogP contribution in [0.15, 0.2) is 97.3 Å². The number of ether oxygens (including phenoxy) is 1. The van der Waals surface area contributed by atoms with Gasteiger partial charge in [-0.3, -0.25) is 4.98 Å². The summed E-state index contributed by atoms with van der Waals surface area (Å²) in [5, 5.41) is 13.1. The first-order valence-electron chi connectivity index (χ1n) is 11.2. The van der Waals surface area contributed by atoms with Gasteiger partial charge in [-0.25, -0.2) is 4.79 Å². The summed E-state index contributed by atoms with van der Waals surface area (Å²) >= 11 is 0. The molecule has 1 aliphatic heterocycles. The fraction of sp³-hybridized carbons (Fsp3) is 0.143. The molecule has 4 aromatic rings. The quantitative estimate of drug-likeness (QED) is 0.377. The van der Waals surface area contributed by atoms with Crippen molar-refractivity contribution in [1.29, 1.82) is 0 Å². The Balaban J connectivity index is 1.22. The number of nitrogens with zero attached hydrogens (tertiary/aromatic N) is 2. The van der Waals surface area contributed by atoms with Crippen LogP contribution in [0.5, 0.6) is 5.75 Å². The van der Waals surface area contributed by atoms with E-state index >= 15 is 0 Å². The molecule has 0 amide bonds. The normalized spacial score (nSPS) is 13.2. The zero-order valence-corrected chi connectivity index (χ0v) is 18.6. The summed E-state index contributed by atoms with van der Waals surface area (Å²) in [5.74, 6) is -0.0931. The molecule has 1 saturated heterocycles. The molecule has 2 heterocycles. The average Bonchev–Trinajstić information content (AvgIpc) is 2.86. The first-order valence-corrected chi connectivity index (χ1v) is 11.2. The summed E-state index contributed by atoms with van der Waals surface area (Å²) in [6, 6.07) is 27.1. The van der Waals surface area contributed by atoms with E-state index in [1.807, 2.05) is 60.7 Å². The number of hydrogen-bond donors (Lipinski definition) is 2. The highest BCUT2D eigenvalue weighted by Crippen LogP contribution is 2.37. The number of benzene rings is 3. The predicted molar refractivity (Wildman–Crippen MR) is 133 cm³/mol. The molecule has 5 rings (SSSR count). The van der Waals surface area contributed by atoms with Crippen LogP contribution >= 0.6 is 0 Å². The molecule has 3 aromatic carbocycles. The van der Waals surface area contributed by atoms with Crippen molar-refractivity contribution in [2.45, 2.75) is 12.6 Å². The highest BCUT2D eigenvalue weighted by Gasteiger charge is 2.31. The van der Waals surface area contributed by atoms with Crippen LogP contribution in [0, 0.1) is 0 Å². The fourth-order valence-corrected chi connectivity index (χ4v) is 4.15. The third-order valence-corrected chi connectivity index (χ3v) is 5.91. The van der Waals surface area contributed by atoms with Crippen LogP contribution in [0.25, 0.3) is 11.1 Å². The van der Waals surface area contributed by atoms with E-state index in [1.165, 1.54) is 0 Å². The van der Waals surface area contributed by atoms with Crippen LogP contribution in [0.3, 0.4) is 0 Å². The number of pyridine rings is 1. The predicted octanol–water partition coefficient (Wildman–Crippen LogP) is 5.33. The highest BCUT2D eigenvalue weighted by atomic mass is 16.5. The zero-order chi connectivity index (χ0) is 23.3. The minimum Gasteiger partial charge on any atom is -0.487 e. The third kappa shape index (κ3) is 4.71. The molecule has 0 bridgehead atoms. The van der Waals surface area contributed by atoms with Crippen LogP contribution in [-0.4, -0.2) is 35.3 Å². The molecule has 170 valence electrons. The van der Waals surface area contributed by atoms with Gasteiger partial charge < -0.3 is 20.1 Å². The van der Waals surface area contributed by atoms with E-state index < -0.39 is 5.97 Å². The van der Waals surface area contributed by atoms with Gasteiger partial charge in [0.1, 0.15) is 11.9 Å². The van der Waals surface area contributed by atoms with Crippen molar-refractivity contribution in [3.8, 4) is 16.9 Å². The van der Waals surface area contributed by atoms with Gasteiger partial charge in [0.05, 0.1) is 24.3 Å². The largest absolute Gasteiger partial charge is 0.487 e. The Labute approximate surface area is 198 Å². The van der Waals surface area contributed by atoms with Gasteiger partial charge in [-0.05, 0) is 47.5 Å². The maximum Gasteiger partial charge on any atom is 0.336 e. The standard InChI is InChI=1S/C28H25N3O3/c32-28(33)25-9-4-10-26(27(25)21-6-2-1-3-7-21)31-18-24(19-31)34-23-13-11-20(12-14-23)16-30-22-8-5-15-29-17-22/h1-15,17,24,30H,16,18-19H2,(H,32,33). The van der Waals surface area contributed by atoms with Gasteiger partial charge in [-0.15, -0.1) is 0 Å². The summed E-state index contributed by atoms with van der Waals surface area (Å²) in [7, 11) is 0. The van der Waals surface area contributed by atoms with Gasteiger partial charge in [0.15, 0.2) is 0 Å². The molecule has 6 nitrogen and oxygen atoms in total. The Morgan fingerprint density at radius 1 is 0.971 bits per heavy atom. The Hall–Kier alpha value is -4.32. The molecule has 0 unspecified atom stereocenters. The second kappa shape index (κ2) is 9.67. The third-order valence-electron chi connectivity index (χ3n) is 5.91. The van der Waals surface area contributed by atoms with E-state index in [4.69, 9.17) is 4.74 Å². The highest BCUT2D eigenvalue weighted by molar-refractivity contribution is 6.00. The van der Waals surface area contributed by atoms with Crippen LogP contribution < -0.4 is 15.0 Å². The Bertz CT molecular complexity index is 1260. The molecule has 1 aromatic heterocycles. The number of carboxylic acids is 1.